The van der Waals surface area contributed by atoms with E-state index >= 15 is 0 Å². The molecule has 2 aromatic rings. The second-order valence-electron chi connectivity index (χ2n) is 5.68. The Morgan fingerprint density at radius 2 is 1.62 bits per heavy atom. The van der Waals surface area contributed by atoms with Crippen LogP contribution in [-0.4, -0.2) is 19.8 Å². The first-order valence-electron chi connectivity index (χ1n) is 7.58. The van der Waals surface area contributed by atoms with Gasteiger partial charge in [0.15, 0.2) is 0 Å². The van der Waals surface area contributed by atoms with Gasteiger partial charge < -0.3 is 14.8 Å². The van der Waals surface area contributed by atoms with E-state index in [0.29, 0.717) is 12.0 Å². The summed E-state index contributed by atoms with van der Waals surface area (Å²) in [6.45, 7) is 2.50. The molecule has 0 bridgehead atoms. The van der Waals surface area contributed by atoms with Gasteiger partial charge in [-0.2, -0.15) is 0 Å². The highest BCUT2D eigenvalue weighted by Crippen LogP contribution is 2.35. The van der Waals surface area contributed by atoms with E-state index < -0.39 is 0 Å². The molecular weight excluding hydrogens is 262 g/mol. The molecule has 0 spiro atoms. The second kappa shape index (κ2) is 5.41. The molecule has 2 aliphatic rings. The third-order valence-electron chi connectivity index (χ3n) is 4.37. The van der Waals surface area contributed by atoms with E-state index in [4.69, 9.17) is 9.47 Å². The SMILES string of the molecule is c1ccc2c(c1)OCC2CNC1CCOc2ccccc21. The predicted octanol–water partition coefficient (Wildman–Crippen LogP) is 3.28. The van der Waals surface area contributed by atoms with Crippen LogP contribution < -0.4 is 14.8 Å². The van der Waals surface area contributed by atoms with Gasteiger partial charge in [0.25, 0.3) is 0 Å². The Hall–Kier alpha value is -2.00. The molecule has 0 aliphatic carbocycles. The molecule has 2 heterocycles. The number of nitrogens with one attached hydrogen (secondary N) is 1. The minimum atomic E-state index is 0.378. The molecule has 21 heavy (non-hydrogen) atoms. The summed E-state index contributed by atoms with van der Waals surface area (Å²) in [5, 5.41) is 3.70. The Labute approximate surface area is 124 Å². The first-order valence-corrected chi connectivity index (χ1v) is 7.58. The molecule has 0 radical (unpaired) electrons. The average Bonchev–Trinajstić information content (AvgIpc) is 2.96. The maximum Gasteiger partial charge on any atom is 0.124 e. The summed E-state index contributed by atoms with van der Waals surface area (Å²) in [4.78, 5) is 0. The van der Waals surface area contributed by atoms with Crippen molar-refractivity contribution in [3.63, 3.8) is 0 Å². The van der Waals surface area contributed by atoms with Gasteiger partial charge in [0.2, 0.25) is 0 Å². The van der Waals surface area contributed by atoms with Gasteiger partial charge in [0.1, 0.15) is 11.5 Å². The van der Waals surface area contributed by atoms with Crippen molar-refractivity contribution in [3.8, 4) is 11.5 Å². The maximum absolute atomic E-state index is 5.76. The fourth-order valence-corrected chi connectivity index (χ4v) is 3.24. The topological polar surface area (TPSA) is 30.5 Å². The maximum atomic E-state index is 5.76. The summed E-state index contributed by atoms with van der Waals surface area (Å²) >= 11 is 0. The normalized spacial score (nSPS) is 22.9. The highest BCUT2D eigenvalue weighted by molar-refractivity contribution is 5.40. The van der Waals surface area contributed by atoms with E-state index in [-0.39, 0.29) is 0 Å². The lowest BCUT2D eigenvalue weighted by molar-refractivity contribution is 0.248. The van der Waals surface area contributed by atoms with Crippen LogP contribution in [0.3, 0.4) is 0 Å². The molecule has 2 unspecified atom stereocenters. The van der Waals surface area contributed by atoms with Crippen LogP contribution in [0.2, 0.25) is 0 Å². The van der Waals surface area contributed by atoms with Crippen LogP contribution in [0.1, 0.15) is 29.5 Å². The predicted molar refractivity (Wildman–Crippen MR) is 82.0 cm³/mol. The summed E-state index contributed by atoms with van der Waals surface area (Å²) in [5.74, 6) is 2.50. The Morgan fingerprint density at radius 1 is 0.905 bits per heavy atom. The Balaban J connectivity index is 1.47. The van der Waals surface area contributed by atoms with Gasteiger partial charge >= 0.3 is 0 Å². The standard InChI is InChI=1S/C18H19NO2/c1-3-7-17-14(5-1)13(12-21-17)11-19-16-9-10-20-18-8-4-2-6-15(16)18/h1-8,13,16,19H,9-12H2. The lowest BCUT2D eigenvalue weighted by Crippen LogP contribution is -2.30. The van der Waals surface area contributed by atoms with E-state index in [2.05, 4.69) is 41.7 Å². The van der Waals surface area contributed by atoms with E-state index in [9.17, 15) is 0 Å². The second-order valence-corrected chi connectivity index (χ2v) is 5.68. The van der Waals surface area contributed by atoms with Gasteiger partial charge in [0, 0.05) is 36.1 Å². The first kappa shape index (κ1) is 12.7. The van der Waals surface area contributed by atoms with Gasteiger partial charge in [-0.25, -0.2) is 0 Å². The third kappa shape index (κ3) is 2.38. The zero-order valence-electron chi connectivity index (χ0n) is 11.9. The van der Waals surface area contributed by atoms with Gasteiger partial charge in [-0.1, -0.05) is 36.4 Å². The molecule has 3 nitrogen and oxygen atoms in total. The quantitative estimate of drug-likeness (QED) is 0.936. The minimum absolute atomic E-state index is 0.378. The van der Waals surface area contributed by atoms with Crippen molar-refractivity contribution in [3.05, 3.63) is 59.7 Å². The van der Waals surface area contributed by atoms with Crippen molar-refractivity contribution >= 4 is 0 Å². The van der Waals surface area contributed by atoms with Crippen molar-refractivity contribution in [2.45, 2.75) is 18.4 Å². The van der Waals surface area contributed by atoms with Crippen molar-refractivity contribution in [1.29, 1.82) is 0 Å². The Bertz CT molecular complexity index is 641. The van der Waals surface area contributed by atoms with Crippen LogP contribution in [0, 0.1) is 0 Å². The molecule has 4 rings (SSSR count). The number of hydrogen-bond acceptors (Lipinski definition) is 3. The number of fused-ring (bicyclic) bond motifs is 2. The van der Waals surface area contributed by atoms with E-state index in [1.165, 1.54) is 11.1 Å². The molecule has 1 N–H and O–H groups in total. The van der Waals surface area contributed by atoms with Crippen molar-refractivity contribution in [2.75, 3.05) is 19.8 Å². The molecule has 0 amide bonds. The molecule has 2 aliphatic heterocycles. The monoisotopic (exact) mass is 281 g/mol. The van der Waals surface area contributed by atoms with Crippen LogP contribution in [0.5, 0.6) is 11.5 Å². The van der Waals surface area contributed by atoms with Gasteiger partial charge in [-0.3, -0.25) is 0 Å². The first-order chi connectivity index (χ1) is 10.4. The zero-order chi connectivity index (χ0) is 14.1. The third-order valence-corrected chi connectivity index (χ3v) is 4.37. The molecule has 2 atom stereocenters. The molecule has 108 valence electrons. The highest BCUT2D eigenvalue weighted by atomic mass is 16.5. The number of hydrogen-bond donors (Lipinski definition) is 1. The summed E-state index contributed by atoms with van der Waals surface area (Å²) in [6, 6.07) is 17.0. The van der Waals surface area contributed by atoms with E-state index in [1.54, 1.807) is 0 Å². The average molecular weight is 281 g/mol. The molecule has 3 heteroatoms. The molecular formula is C18H19NO2. The lowest BCUT2D eigenvalue weighted by Gasteiger charge is -2.27. The van der Waals surface area contributed by atoms with E-state index in [1.807, 2.05) is 12.1 Å². The summed E-state index contributed by atoms with van der Waals surface area (Å²) in [6.07, 6.45) is 1.02. The number of ether oxygens (including phenoxy) is 2. The number of rotatable bonds is 3. The molecule has 2 aromatic carbocycles. The number of para-hydroxylation sites is 2. The van der Waals surface area contributed by atoms with Crippen LogP contribution in [0.15, 0.2) is 48.5 Å². The summed E-state index contributed by atoms with van der Waals surface area (Å²) in [7, 11) is 0. The largest absolute Gasteiger partial charge is 0.493 e. The minimum Gasteiger partial charge on any atom is -0.493 e. The van der Waals surface area contributed by atoms with Crippen molar-refractivity contribution in [2.24, 2.45) is 0 Å². The van der Waals surface area contributed by atoms with Gasteiger partial charge in [0.05, 0.1) is 13.2 Å². The summed E-state index contributed by atoms with van der Waals surface area (Å²) < 4.78 is 11.5. The fourth-order valence-electron chi connectivity index (χ4n) is 3.24. The fraction of sp³-hybridized carbons (Fsp3) is 0.333. The van der Waals surface area contributed by atoms with Crippen LogP contribution in [0.25, 0.3) is 0 Å². The number of benzene rings is 2. The smallest absolute Gasteiger partial charge is 0.124 e. The van der Waals surface area contributed by atoms with Crippen molar-refractivity contribution in [1.82, 2.24) is 5.32 Å². The molecule has 0 saturated carbocycles. The van der Waals surface area contributed by atoms with Crippen LogP contribution >= 0.6 is 0 Å². The van der Waals surface area contributed by atoms with Crippen LogP contribution in [-0.2, 0) is 0 Å². The lowest BCUT2D eigenvalue weighted by atomic mass is 9.97. The molecule has 0 aromatic heterocycles. The zero-order valence-corrected chi connectivity index (χ0v) is 11.9. The Morgan fingerprint density at radius 3 is 2.48 bits per heavy atom. The molecule has 0 fully saturated rings. The van der Waals surface area contributed by atoms with Gasteiger partial charge in [-0.15, -0.1) is 0 Å². The van der Waals surface area contributed by atoms with Gasteiger partial charge in [-0.05, 0) is 12.1 Å². The molecule has 0 saturated heterocycles. The summed E-state index contributed by atoms with van der Waals surface area (Å²) in [5.41, 5.74) is 2.60. The highest BCUT2D eigenvalue weighted by Gasteiger charge is 2.26. The van der Waals surface area contributed by atoms with Crippen molar-refractivity contribution < 1.29 is 9.47 Å². The Kier molecular flexibility index (Phi) is 3.28. The van der Waals surface area contributed by atoms with E-state index in [0.717, 1.165) is 37.7 Å². The van der Waals surface area contributed by atoms with Crippen LogP contribution in [0.4, 0.5) is 0 Å².